The lowest BCUT2D eigenvalue weighted by atomic mass is 10.2. The second-order valence-electron chi connectivity index (χ2n) is 2.96. The molecule has 0 saturated heterocycles. The lowest BCUT2D eigenvalue weighted by Crippen LogP contribution is -2.39. The van der Waals surface area contributed by atoms with E-state index < -0.39 is 6.04 Å². The lowest BCUT2D eigenvalue weighted by molar-refractivity contribution is -0.122. The number of nitrogens with zero attached hydrogens (tertiary/aromatic N) is 2. The minimum Gasteiger partial charge on any atom is -0.347 e. The molecule has 78 valence electrons. The molecule has 0 saturated carbocycles. The van der Waals surface area contributed by atoms with E-state index in [4.69, 9.17) is 10.3 Å². The Morgan fingerprint density at radius 3 is 2.93 bits per heavy atom. The van der Waals surface area contributed by atoms with E-state index in [0.717, 1.165) is 0 Å². The first kappa shape index (κ1) is 10.6. The van der Waals surface area contributed by atoms with E-state index in [0.29, 0.717) is 18.1 Å². The van der Waals surface area contributed by atoms with Crippen LogP contribution in [0, 0.1) is 6.92 Å². The Bertz CT molecular complexity index is 310. The lowest BCUT2D eigenvalue weighted by Gasteiger charge is -2.07. The molecule has 14 heavy (non-hydrogen) atoms. The molecule has 1 aromatic heterocycles. The summed E-state index contributed by atoms with van der Waals surface area (Å²) in [6.07, 6.45) is 0.608. The molecule has 0 aliphatic heterocycles. The van der Waals surface area contributed by atoms with Crippen molar-refractivity contribution in [2.45, 2.75) is 32.9 Å². The summed E-state index contributed by atoms with van der Waals surface area (Å²) in [5.41, 5.74) is 5.51. The van der Waals surface area contributed by atoms with Gasteiger partial charge in [0, 0.05) is 6.92 Å². The Balaban J connectivity index is 2.37. The summed E-state index contributed by atoms with van der Waals surface area (Å²) < 4.78 is 4.74. The molecule has 0 fully saturated rings. The molecule has 1 heterocycles. The second-order valence-corrected chi connectivity index (χ2v) is 2.96. The molecule has 1 amide bonds. The largest absolute Gasteiger partial charge is 0.347 e. The third-order valence-electron chi connectivity index (χ3n) is 1.77. The van der Waals surface area contributed by atoms with Crippen LogP contribution in [-0.4, -0.2) is 22.1 Å². The van der Waals surface area contributed by atoms with Crippen LogP contribution in [0.25, 0.3) is 0 Å². The highest BCUT2D eigenvalue weighted by Crippen LogP contribution is 1.94. The van der Waals surface area contributed by atoms with Crippen LogP contribution in [0.3, 0.4) is 0 Å². The number of aromatic nitrogens is 2. The number of amides is 1. The Kier molecular flexibility index (Phi) is 3.58. The molecule has 6 nitrogen and oxygen atoms in total. The van der Waals surface area contributed by atoms with Gasteiger partial charge in [0.15, 0.2) is 5.82 Å². The Hall–Kier alpha value is -1.43. The molecule has 3 N–H and O–H groups in total. The number of aryl methyl sites for hydroxylation is 1. The van der Waals surface area contributed by atoms with Gasteiger partial charge in [-0.2, -0.15) is 4.98 Å². The van der Waals surface area contributed by atoms with Crippen LogP contribution >= 0.6 is 0 Å². The van der Waals surface area contributed by atoms with E-state index in [2.05, 4.69) is 15.5 Å². The fourth-order valence-electron chi connectivity index (χ4n) is 0.896. The minimum atomic E-state index is -0.469. The van der Waals surface area contributed by atoms with Gasteiger partial charge >= 0.3 is 0 Å². The van der Waals surface area contributed by atoms with Gasteiger partial charge in [-0.1, -0.05) is 12.1 Å². The van der Waals surface area contributed by atoms with Gasteiger partial charge in [-0.05, 0) is 6.42 Å². The number of carbonyl (C=O) groups excluding carboxylic acids is 1. The number of hydrogen-bond acceptors (Lipinski definition) is 5. The van der Waals surface area contributed by atoms with Crippen molar-refractivity contribution < 1.29 is 9.32 Å². The van der Waals surface area contributed by atoms with Gasteiger partial charge in [0.1, 0.15) is 0 Å². The fraction of sp³-hybridized carbons (Fsp3) is 0.625. The number of rotatable bonds is 4. The predicted molar refractivity (Wildman–Crippen MR) is 49.1 cm³/mol. The summed E-state index contributed by atoms with van der Waals surface area (Å²) in [4.78, 5) is 15.2. The van der Waals surface area contributed by atoms with Crippen molar-refractivity contribution in [3.05, 3.63) is 11.7 Å². The third-order valence-corrected chi connectivity index (χ3v) is 1.77. The van der Waals surface area contributed by atoms with Gasteiger partial charge in [0.05, 0.1) is 12.6 Å². The molecule has 0 bridgehead atoms. The number of nitrogens with one attached hydrogen (secondary N) is 1. The van der Waals surface area contributed by atoms with Crippen molar-refractivity contribution in [1.29, 1.82) is 0 Å². The Morgan fingerprint density at radius 1 is 1.71 bits per heavy atom. The highest BCUT2D eigenvalue weighted by atomic mass is 16.5. The molecule has 0 unspecified atom stereocenters. The van der Waals surface area contributed by atoms with Crippen LogP contribution in [-0.2, 0) is 11.3 Å². The predicted octanol–water partition coefficient (Wildman–Crippen LogP) is -0.268. The number of hydrogen-bond donors (Lipinski definition) is 2. The van der Waals surface area contributed by atoms with E-state index >= 15 is 0 Å². The number of carbonyl (C=O) groups is 1. The molecule has 0 aliphatic carbocycles. The molecule has 1 atom stereocenters. The first-order valence-electron chi connectivity index (χ1n) is 4.46. The minimum absolute atomic E-state index is 0.199. The SMILES string of the molecule is CC[C@H](N)C(=O)NCc1noc(C)n1. The van der Waals surface area contributed by atoms with Crippen molar-refractivity contribution in [2.24, 2.45) is 5.73 Å². The van der Waals surface area contributed by atoms with Crippen molar-refractivity contribution in [3.8, 4) is 0 Å². The summed E-state index contributed by atoms with van der Waals surface area (Å²) >= 11 is 0. The quantitative estimate of drug-likeness (QED) is 0.694. The Morgan fingerprint density at radius 2 is 2.43 bits per heavy atom. The van der Waals surface area contributed by atoms with Crippen LogP contribution < -0.4 is 11.1 Å². The van der Waals surface area contributed by atoms with Crippen LogP contribution in [0.1, 0.15) is 25.1 Å². The van der Waals surface area contributed by atoms with E-state index in [1.54, 1.807) is 6.92 Å². The first-order valence-corrected chi connectivity index (χ1v) is 4.46. The van der Waals surface area contributed by atoms with Crippen LogP contribution in [0.2, 0.25) is 0 Å². The summed E-state index contributed by atoms with van der Waals surface area (Å²) in [6, 6.07) is -0.469. The molecule has 0 spiro atoms. The van der Waals surface area contributed by atoms with Crippen LogP contribution in [0.5, 0.6) is 0 Å². The average molecular weight is 198 g/mol. The Labute approximate surface area is 81.9 Å². The fourth-order valence-corrected chi connectivity index (χ4v) is 0.896. The smallest absolute Gasteiger partial charge is 0.237 e. The normalized spacial score (nSPS) is 12.5. The van der Waals surface area contributed by atoms with E-state index in [9.17, 15) is 4.79 Å². The van der Waals surface area contributed by atoms with Gasteiger partial charge in [-0.25, -0.2) is 0 Å². The maximum Gasteiger partial charge on any atom is 0.237 e. The van der Waals surface area contributed by atoms with Gasteiger partial charge in [-0.3, -0.25) is 4.79 Å². The molecule has 0 aromatic carbocycles. The van der Waals surface area contributed by atoms with Crippen molar-refractivity contribution in [2.75, 3.05) is 0 Å². The summed E-state index contributed by atoms with van der Waals surface area (Å²) in [6.45, 7) is 3.79. The van der Waals surface area contributed by atoms with E-state index in [1.807, 2.05) is 6.92 Å². The molecular formula is C8H14N4O2. The zero-order valence-electron chi connectivity index (χ0n) is 8.28. The third kappa shape index (κ3) is 2.81. The van der Waals surface area contributed by atoms with Crippen LogP contribution in [0.4, 0.5) is 0 Å². The second kappa shape index (κ2) is 4.71. The summed E-state index contributed by atoms with van der Waals surface area (Å²) in [5, 5.41) is 6.25. The molecule has 0 aliphatic rings. The van der Waals surface area contributed by atoms with E-state index in [-0.39, 0.29) is 12.5 Å². The molecule has 0 radical (unpaired) electrons. The van der Waals surface area contributed by atoms with Crippen LogP contribution in [0.15, 0.2) is 4.52 Å². The van der Waals surface area contributed by atoms with Gasteiger partial charge in [0.25, 0.3) is 0 Å². The maximum atomic E-state index is 11.2. The monoisotopic (exact) mass is 198 g/mol. The van der Waals surface area contributed by atoms with Gasteiger partial charge in [-0.15, -0.1) is 0 Å². The first-order chi connectivity index (χ1) is 6.63. The van der Waals surface area contributed by atoms with E-state index in [1.165, 1.54) is 0 Å². The van der Waals surface area contributed by atoms with Crippen molar-refractivity contribution in [1.82, 2.24) is 15.5 Å². The highest BCUT2D eigenvalue weighted by Gasteiger charge is 2.11. The molecular weight excluding hydrogens is 184 g/mol. The summed E-state index contributed by atoms with van der Waals surface area (Å²) in [7, 11) is 0. The molecule has 1 rings (SSSR count). The zero-order chi connectivity index (χ0) is 10.6. The maximum absolute atomic E-state index is 11.2. The molecule has 1 aromatic rings. The molecule has 6 heteroatoms. The standard InChI is InChI=1S/C8H14N4O2/c1-3-6(9)8(13)10-4-7-11-5(2)14-12-7/h6H,3-4,9H2,1-2H3,(H,10,13)/t6-/m0/s1. The average Bonchev–Trinajstić information content (AvgIpc) is 2.59. The zero-order valence-corrected chi connectivity index (χ0v) is 8.28. The highest BCUT2D eigenvalue weighted by molar-refractivity contribution is 5.81. The number of nitrogens with two attached hydrogens (primary N) is 1. The van der Waals surface area contributed by atoms with Crippen molar-refractivity contribution in [3.63, 3.8) is 0 Å². The van der Waals surface area contributed by atoms with Crippen molar-refractivity contribution >= 4 is 5.91 Å². The van der Waals surface area contributed by atoms with Gasteiger partial charge < -0.3 is 15.6 Å². The summed E-state index contributed by atoms with van der Waals surface area (Å²) in [5.74, 6) is 0.739. The topological polar surface area (TPSA) is 94.0 Å². The van der Waals surface area contributed by atoms with Gasteiger partial charge in [0.2, 0.25) is 11.8 Å².